The molecule has 0 radical (unpaired) electrons. The van der Waals surface area contributed by atoms with Gasteiger partial charge in [0.05, 0.1) is 6.54 Å². The minimum Gasteiger partial charge on any atom is -0.338 e. The average Bonchev–Trinajstić information content (AvgIpc) is 3.43. The van der Waals surface area contributed by atoms with Crippen LogP contribution in [0.5, 0.6) is 0 Å². The number of benzene rings is 2. The van der Waals surface area contributed by atoms with Crippen molar-refractivity contribution in [3.05, 3.63) is 71.1 Å². The average molecular weight is 471 g/mol. The van der Waals surface area contributed by atoms with Gasteiger partial charge in [0.2, 0.25) is 21.2 Å². The molecule has 0 aliphatic carbocycles. The first-order valence-corrected chi connectivity index (χ1v) is 11.7. The Hall–Kier alpha value is -3.48. The first-order chi connectivity index (χ1) is 15.3. The lowest BCUT2D eigenvalue weighted by atomic mass is 10.1. The molecule has 0 unspecified atom stereocenters. The quantitative estimate of drug-likeness (QED) is 0.393. The fourth-order valence-electron chi connectivity index (χ4n) is 2.69. The topological polar surface area (TPSA) is 140 Å². The predicted octanol–water partition coefficient (Wildman–Crippen LogP) is 2.94. The van der Waals surface area contributed by atoms with E-state index in [0.717, 1.165) is 28.0 Å². The van der Waals surface area contributed by atoms with Crippen LogP contribution in [0.1, 0.15) is 27.4 Å². The number of aryl methyl sites for hydroxylation is 2. The second-order valence-corrected chi connectivity index (χ2v) is 9.82. The summed E-state index contributed by atoms with van der Waals surface area (Å²) in [5, 5.41) is 13.9. The Labute approximate surface area is 187 Å². The highest BCUT2D eigenvalue weighted by atomic mass is 32.2. The van der Waals surface area contributed by atoms with Crippen LogP contribution in [0.4, 0.5) is 5.13 Å². The summed E-state index contributed by atoms with van der Waals surface area (Å²) in [6.07, 6.45) is 0. The maximum Gasteiger partial charge on any atom is 0.270 e. The highest BCUT2D eigenvalue weighted by molar-refractivity contribution is 7.91. The van der Waals surface area contributed by atoms with Crippen molar-refractivity contribution in [2.24, 2.45) is 0 Å². The van der Waals surface area contributed by atoms with Crippen LogP contribution in [0.25, 0.3) is 11.4 Å². The summed E-state index contributed by atoms with van der Waals surface area (Å²) >= 11 is 0.734. The van der Waals surface area contributed by atoms with Crippen molar-refractivity contribution >= 4 is 32.4 Å². The molecule has 2 aromatic heterocycles. The van der Waals surface area contributed by atoms with E-state index in [2.05, 4.69) is 30.4 Å². The van der Waals surface area contributed by atoms with E-state index in [9.17, 15) is 13.2 Å². The first-order valence-electron chi connectivity index (χ1n) is 9.41. The van der Waals surface area contributed by atoms with Crippen LogP contribution in [-0.4, -0.2) is 34.7 Å². The zero-order valence-corrected chi connectivity index (χ0v) is 18.7. The molecule has 10 nitrogen and oxygen atoms in total. The van der Waals surface area contributed by atoms with Gasteiger partial charge >= 0.3 is 0 Å². The van der Waals surface area contributed by atoms with Crippen molar-refractivity contribution in [2.75, 3.05) is 5.32 Å². The number of amides is 1. The van der Waals surface area contributed by atoms with E-state index >= 15 is 0 Å². The number of sulfonamides is 1. The molecule has 2 N–H and O–H groups in total. The number of nitrogens with zero attached hydrogens (tertiary/aromatic N) is 4. The Bertz CT molecular complexity index is 1360. The van der Waals surface area contributed by atoms with Gasteiger partial charge in [-0.2, -0.15) is 9.71 Å². The second-order valence-electron chi connectivity index (χ2n) is 6.90. The maximum absolute atomic E-state index is 12.5. The largest absolute Gasteiger partial charge is 0.338 e. The third kappa shape index (κ3) is 5.04. The summed E-state index contributed by atoms with van der Waals surface area (Å²) in [7, 11) is -3.99. The van der Waals surface area contributed by atoms with Crippen molar-refractivity contribution in [3.63, 3.8) is 0 Å². The zero-order valence-electron chi connectivity index (χ0n) is 17.1. The van der Waals surface area contributed by atoms with Crippen LogP contribution in [0, 0.1) is 13.8 Å². The van der Waals surface area contributed by atoms with E-state index in [0.29, 0.717) is 11.4 Å². The van der Waals surface area contributed by atoms with Gasteiger partial charge in [0.15, 0.2) is 0 Å². The van der Waals surface area contributed by atoms with Gasteiger partial charge in [-0.05, 0) is 26.0 Å². The molecule has 164 valence electrons. The third-order valence-electron chi connectivity index (χ3n) is 4.33. The minimum atomic E-state index is -3.99. The fourth-order valence-corrected chi connectivity index (χ4v) is 4.60. The normalized spacial score (nSPS) is 11.4. The summed E-state index contributed by atoms with van der Waals surface area (Å²) in [5.41, 5.74) is 3.21. The zero-order chi connectivity index (χ0) is 22.7. The Morgan fingerprint density at radius 1 is 1.06 bits per heavy atom. The maximum atomic E-state index is 12.5. The van der Waals surface area contributed by atoms with Crippen LogP contribution in [0.15, 0.2) is 57.4 Å². The molecular weight excluding hydrogens is 452 g/mol. The van der Waals surface area contributed by atoms with Gasteiger partial charge in [0.1, 0.15) is 0 Å². The number of nitrogens with one attached hydrogen (secondary N) is 2. The molecule has 4 aromatic rings. The lowest BCUT2D eigenvalue weighted by Crippen LogP contribution is -2.23. The van der Waals surface area contributed by atoms with Crippen LogP contribution in [0.3, 0.4) is 0 Å². The molecule has 0 fully saturated rings. The number of hydrogen-bond donors (Lipinski definition) is 2. The van der Waals surface area contributed by atoms with Crippen LogP contribution in [-0.2, 0) is 16.6 Å². The summed E-state index contributed by atoms with van der Waals surface area (Å²) in [6, 6.07) is 14.5. The number of hydrogen-bond acceptors (Lipinski definition) is 9. The molecule has 32 heavy (non-hydrogen) atoms. The highest BCUT2D eigenvalue weighted by Crippen LogP contribution is 2.21. The molecule has 4 rings (SSSR count). The van der Waals surface area contributed by atoms with Gasteiger partial charge in [-0.1, -0.05) is 64.0 Å². The molecule has 0 atom stereocenters. The molecule has 0 spiro atoms. The standard InChI is InChI=1S/C20H18N6O4S2/c1-12-6-8-14(9-7-12)17-22-16(30-26-17)11-21-32(28,29)20-25-24-19(31-20)23-18(27)15-5-3-4-13(2)10-15/h3-10,21H,11H2,1-2H3,(H,23,24,27). The Kier molecular flexibility index (Phi) is 6.08. The Morgan fingerprint density at radius 3 is 2.59 bits per heavy atom. The van der Waals surface area contributed by atoms with Gasteiger partial charge in [0.25, 0.3) is 15.9 Å². The Balaban J connectivity index is 1.40. The summed E-state index contributed by atoms with van der Waals surface area (Å²) < 4.78 is 32.2. The molecule has 0 saturated heterocycles. The molecule has 0 saturated carbocycles. The van der Waals surface area contributed by atoms with E-state index in [-0.39, 0.29) is 21.9 Å². The number of aromatic nitrogens is 4. The number of anilines is 1. The van der Waals surface area contributed by atoms with Crippen LogP contribution >= 0.6 is 11.3 Å². The van der Waals surface area contributed by atoms with E-state index in [1.807, 2.05) is 44.2 Å². The number of carbonyl (C=O) groups excluding carboxylic acids is 1. The SMILES string of the molecule is Cc1ccc(-c2noc(CNS(=O)(=O)c3nnc(NC(=O)c4cccc(C)c4)s3)n2)cc1. The molecule has 12 heteroatoms. The highest BCUT2D eigenvalue weighted by Gasteiger charge is 2.22. The van der Waals surface area contributed by atoms with Crippen molar-refractivity contribution in [1.82, 2.24) is 25.1 Å². The molecule has 1 amide bonds. The van der Waals surface area contributed by atoms with Gasteiger partial charge < -0.3 is 4.52 Å². The van der Waals surface area contributed by atoms with Crippen LogP contribution in [0.2, 0.25) is 0 Å². The van der Waals surface area contributed by atoms with Crippen LogP contribution < -0.4 is 10.0 Å². The fraction of sp³-hybridized carbons (Fsp3) is 0.150. The Morgan fingerprint density at radius 2 is 1.84 bits per heavy atom. The molecular formula is C20H18N6O4S2. The monoisotopic (exact) mass is 470 g/mol. The number of carbonyl (C=O) groups is 1. The summed E-state index contributed by atoms with van der Waals surface area (Å²) in [4.78, 5) is 16.5. The predicted molar refractivity (Wildman–Crippen MR) is 118 cm³/mol. The van der Waals surface area contributed by atoms with Crippen molar-refractivity contribution in [1.29, 1.82) is 0 Å². The van der Waals surface area contributed by atoms with Crippen molar-refractivity contribution in [2.45, 2.75) is 24.7 Å². The molecule has 0 bridgehead atoms. The van der Waals surface area contributed by atoms with Gasteiger partial charge in [0, 0.05) is 11.1 Å². The molecule has 2 aromatic carbocycles. The smallest absolute Gasteiger partial charge is 0.270 e. The van der Waals surface area contributed by atoms with Crippen molar-refractivity contribution in [3.8, 4) is 11.4 Å². The van der Waals surface area contributed by atoms with E-state index in [1.165, 1.54) is 0 Å². The van der Waals surface area contributed by atoms with Crippen molar-refractivity contribution < 1.29 is 17.7 Å². The molecule has 0 aliphatic rings. The van der Waals surface area contributed by atoms with E-state index < -0.39 is 15.9 Å². The minimum absolute atomic E-state index is 0.0660. The van der Waals surface area contributed by atoms with E-state index in [4.69, 9.17) is 4.52 Å². The lowest BCUT2D eigenvalue weighted by molar-refractivity contribution is 0.102. The number of rotatable bonds is 7. The van der Waals surface area contributed by atoms with Gasteiger partial charge in [-0.15, -0.1) is 10.2 Å². The first kappa shape index (κ1) is 21.7. The van der Waals surface area contributed by atoms with E-state index in [1.54, 1.807) is 18.2 Å². The second kappa shape index (κ2) is 8.94. The third-order valence-corrected chi connectivity index (χ3v) is 6.94. The lowest BCUT2D eigenvalue weighted by Gasteiger charge is -2.02. The summed E-state index contributed by atoms with van der Waals surface area (Å²) in [5.74, 6) is 0.0501. The summed E-state index contributed by atoms with van der Waals surface area (Å²) in [6.45, 7) is 3.62. The van der Waals surface area contributed by atoms with Gasteiger partial charge in [-0.25, -0.2) is 8.42 Å². The molecule has 0 aliphatic heterocycles. The van der Waals surface area contributed by atoms with Gasteiger partial charge in [-0.3, -0.25) is 10.1 Å². The molecule has 2 heterocycles.